The second kappa shape index (κ2) is 7.79. The summed E-state index contributed by atoms with van der Waals surface area (Å²) in [6.45, 7) is 5.17. The average molecular weight is 410 g/mol. The summed E-state index contributed by atoms with van der Waals surface area (Å²) in [4.78, 5) is 2.56. The summed E-state index contributed by atoms with van der Waals surface area (Å²) >= 11 is 0. The van der Waals surface area contributed by atoms with Crippen molar-refractivity contribution in [1.82, 2.24) is 9.14 Å². The smallest absolute Gasteiger partial charge is 0.207 e. The van der Waals surface area contributed by atoms with Crippen LogP contribution in [0.4, 0.5) is 0 Å². The number of nitrogens with zero attached hydrogens (tertiary/aromatic N) is 2. The van der Waals surface area contributed by atoms with E-state index in [4.69, 9.17) is 0 Å². The van der Waals surface area contributed by atoms with Crippen molar-refractivity contribution in [3.05, 3.63) is 59.2 Å². The van der Waals surface area contributed by atoms with Crippen molar-refractivity contribution in [3.8, 4) is 0 Å². The third kappa shape index (κ3) is 4.74. The van der Waals surface area contributed by atoms with Crippen molar-refractivity contribution < 1.29 is 16.8 Å². The Kier molecular flexibility index (Phi) is 6.08. The lowest BCUT2D eigenvalue weighted by Gasteiger charge is -2.12. The molecule has 0 saturated heterocycles. The molecular formula is C18H23N3O4S2. The summed E-state index contributed by atoms with van der Waals surface area (Å²) in [6.07, 6.45) is 0. The van der Waals surface area contributed by atoms with Gasteiger partial charge in [-0.05, 0) is 55.7 Å². The molecule has 0 radical (unpaired) electrons. The minimum Gasteiger partial charge on any atom is -0.207 e. The molecule has 27 heavy (non-hydrogen) atoms. The minimum absolute atomic E-state index is 0.153. The van der Waals surface area contributed by atoms with Gasteiger partial charge >= 0.3 is 0 Å². The van der Waals surface area contributed by atoms with Crippen LogP contribution in [0.25, 0.3) is 0 Å². The normalized spacial score (nSPS) is 13.0. The van der Waals surface area contributed by atoms with E-state index < -0.39 is 20.0 Å². The zero-order valence-electron chi connectivity index (χ0n) is 15.9. The highest BCUT2D eigenvalue weighted by molar-refractivity contribution is 7.89. The van der Waals surface area contributed by atoms with Gasteiger partial charge in [-0.15, -0.1) is 0 Å². The molecule has 2 aromatic rings. The monoisotopic (exact) mass is 409 g/mol. The lowest BCUT2D eigenvalue weighted by Crippen LogP contribution is -2.22. The first kappa shape index (κ1) is 21.1. The molecule has 0 amide bonds. The maximum Gasteiger partial charge on any atom is 0.276 e. The van der Waals surface area contributed by atoms with Gasteiger partial charge in [-0.3, -0.25) is 0 Å². The van der Waals surface area contributed by atoms with E-state index in [1.54, 1.807) is 38.1 Å². The molecule has 7 nitrogen and oxygen atoms in total. The maximum atomic E-state index is 12.5. The Morgan fingerprint density at radius 2 is 1.56 bits per heavy atom. The van der Waals surface area contributed by atoms with Crippen LogP contribution in [-0.2, 0) is 20.0 Å². The first-order valence-corrected chi connectivity index (χ1v) is 11.0. The molecule has 0 aliphatic carbocycles. The van der Waals surface area contributed by atoms with Crippen molar-refractivity contribution in [1.29, 1.82) is 0 Å². The third-order valence-electron chi connectivity index (χ3n) is 4.02. The molecule has 146 valence electrons. The topological polar surface area (TPSA) is 95.9 Å². The summed E-state index contributed by atoms with van der Waals surface area (Å²) in [7, 11) is -4.40. The maximum absolute atomic E-state index is 12.5. The van der Waals surface area contributed by atoms with Crippen LogP contribution in [0, 0.1) is 13.8 Å². The molecule has 2 rings (SSSR count). The van der Waals surface area contributed by atoms with E-state index in [1.807, 2.05) is 13.0 Å². The van der Waals surface area contributed by atoms with Gasteiger partial charge in [-0.1, -0.05) is 24.3 Å². The van der Waals surface area contributed by atoms with Gasteiger partial charge < -0.3 is 0 Å². The van der Waals surface area contributed by atoms with Crippen molar-refractivity contribution in [3.63, 3.8) is 0 Å². The molecule has 0 aliphatic rings. The predicted octanol–water partition coefficient (Wildman–Crippen LogP) is 2.26. The molecule has 0 fully saturated rings. The highest BCUT2D eigenvalue weighted by Gasteiger charge is 2.18. The Balaban J connectivity index is 2.26. The largest absolute Gasteiger partial charge is 0.276 e. The molecule has 0 saturated carbocycles. The number of benzene rings is 2. The Bertz CT molecular complexity index is 1070. The quantitative estimate of drug-likeness (QED) is 0.585. The fourth-order valence-corrected chi connectivity index (χ4v) is 4.41. The second-order valence-electron chi connectivity index (χ2n) is 6.37. The Labute approximate surface area is 160 Å². The first-order chi connectivity index (χ1) is 12.4. The summed E-state index contributed by atoms with van der Waals surface area (Å²) in [5, 5.41) is 3.96. The number of aryl methyl sites for hydroxylation is 2. The van der Waals surface area contributed by atoms with Crippen molar-refractivity contribution >= 4 is 25.8 Å². The molecule has 0 spiro atoms. The fourth-order valence-electron chi connectivity index (χ4n) is 2.32. The molecular weight excluding hydrogens is 386 g/mol. The van der Waals surface area contributed by atoms with Gasteiger partial charge in [0, 0.05) is 14.1 Å². The number of hydrazone groups is 1. The van der Waals surface area contributed by atoms with Gasteiger partial charge in [-0.2, -0.15) is 18.4 Å². The predicted molar refractivity (Wildman–Crippen MR) is 106 cm³/mol. The number of rotatable bonds is 6. The fraction of sp³-hybridized carbons (Fsp3) is 0.278. The third-order valence-corrected chi connectivity index (χ3v) is 7.20. The molecule has 1 N–H and O–H groups in total. The zero-order valence-corrected chi connectivity index (χ0v) is 17.5. The van der Waals surface area contributed by atoms with Crippen LogP contribution in [0.2, 0.25) is 0 Å². The first-order valence-electron chi connectivity index (χ1n) is 8.11. The van der Waals surface area contributed by atoms with Gasteiger partial charge in [-0.25, -0.2) is 12.7 Å². The van der Waals surface area contributed by atoms with E-state index in [9.17, 15) is 16.8 Å². The highest BCUT2D eigenvalue weighted by atomic mass is 32.2. The number of hydrogen-bond donors (Lipinski definition) is 1. The lowest BCUT2D eigenvalue weighted by molar-refractivity contribution is 0.520. The Morgan fingerprint density at radius 3 is 2.11 bits per heavy atom. The lowest BCUT2D eigenvalue weighted by atomic mass is 10.1. The zero-order chi connectivity index (χ0) is 20.4. The van der Waals surface area contributed by atoms with Gasteiger partial charge in [0.25, 0.3) is 10.0 Å². The van der Waals surface area contributed by atoms with Crippen LogP contribution in [0.1, 0.15) is 23.6 Å². The van der Waals surface area contributed by atoms with Crippen LogP contribution in [0.3, 0.4) is 0 Å². The van der Waals surface area contributed by atoms with E-state index in [0.717, 1.165) is 9.87 Å². The molecule has 0 heterocycles. The SMILES string of the molecule is C/C(=N/NS(=O)(=O)c1cc(C)ccc1C)c1ccc(S(=O)(=O)N(C)C)cc1. The number of hydrogen-bond acceptors (Lipinski definition) is 5. The van der Waals surface area contributed by atoms with Crippen molar-refractivity contribution in [2.75, 3.05) is 14.1 Å². The minimum atomic E-state index is -3.80. The summed E-state index contributed by atoms with van der Waals surface area (Å²) < 4.78 is 50.3. The Hall–Kier alpha value is -2.23. The van der Waals surface area contributed by atoms with E-state index >= 15 is 0 Å². The second-order valence-corrected chi connectivity index (χ2v) is 10.2. The van der Waals surface area contributed by atoms with Crippen LogP contribution in [0.15, 0.2) is 57.4 Å². The average Bonchev–Trinajstić information content (AvgIpc) is 2.61. The van der Waals surface area contributed by atoms with Gasteiger partial charge in [0.1, 0.15) is 0 Å². The van der Waals surface area contributed by atoms with E-state index in [2.05, 4.69) is 9.93 Å². The Morgan fingerprint density at radius 1 is 0.963 bits per heavy atom. The molecule has 0 bridgehead atoms. The molecule has 0 unspecified atom stereocenters. The van der Waals surface area contributed by atoms with Crippen LogP contribution >= 0.6 is 0 Å². The van der Waals surface area contributed by atoms with Crippen molar-refractivity contribution in [2.24, 2.45) is 5.10 Å². The van der Waals surface area contributed by atoms with Crippen molar-refractivity contribution in [2.45, 2.75) is 30.6 Å². The summed E-state index contributed by atoms with van der Waals surface area (Å²) in [5.41, 5.74) is 2.48. The molecule has 0 atom stereocenters. The van der Waals surface area contributed by atoms with Gasteiger partial charge in [0.05, 0.1) is 15.5 Å². The van der Waals surface area contributed by atoms with E-state index in [0.29, 0.717) is 16.8 Å². The highest BCUT2D eigenvalue weighted by Crippen LogP contribution is 2.17. The number of nitrogens with one attached hydrogen (secondary N) is 1. The molecule has 0 aliphatic heterocycles. The summed E-state index contributed by atoms with van der Waals surface area (Å²) in [6, 6.07) is 11.3. The van der Waals surface area contributed by atoms with Crippen LogP contribution in [0.5, 0.6) is 0 Å². The molecule has 0 aromatic heterocycles. The van der Waals surface area contributed by atoms with E-state index in [1.165, 1.54) is 26.2 Å². The van der Waals surface area contributed by atoms with E-state index in [-0.39, 0.29) is 9.79 Å². The number of sulfonamides is 2. The van der Waals surface area contributed by atoms with Crippen LogP contribution < -0.4 is 4.83 Å². The molecule has 9 heteroatoms. The van der Waals surface area contributed by atoms with Gasteiger partial charge in [0.15, 0.2) is 0 Å². The van der Waals surface area contributed by atoms with Crippen LogP contribution in [-0.4, -0.2) is 40.9 Å². The summed E-state index contributed by atoms with van der Waals surface area (Å²) in [5.74, 6) is 0. The molecule has 2 aromatic carbocycles. The standard InChI is InChI=1S/C18H23N3O4S2/c1-13-6-7-14(2)18(12-13)26(22,23)20-19-15(3)16-8-10-17(11-9-16)27(24,25)21(4)5/h6-12,20H,1-5H3/b19-15-. The van der Waals surface area contributed by atoms with Gasteiger partial charge in [0.2, 0.25) is 10.0 Å².